The molecule has 0 bridgehead atoms. The number of alkyl halides is 2. The number of likely N-dealkylation sites (tertiary alicyclic amines) is 1. The molecule has 0 N–H and O–H groups in total. The Hall–Kier alpha value is -1.36. The Morgan fingerprint density at radius 1 is 1.10 bits per heavy atom. The molecule has 1 aromatic rings. The number of para-hydroxylation sites is 2. The monoisotopic (exact) mass is 285 g/mol. The first-order chi connectivity index (χ1) is 9.56. The average molecular weight is 285 g/mol. The Balaban J connectivity index is 1.94. The molecular formula is C15H21F2NO2. The third-order valence-electron chi connectivity index (χ3n) is 3.57. The number of ether oxygens (including phenoxy) is 2. The second-order valence-electron chi connectivity index (χ2n) is 5.27. The van der Waals surface area contributed by atoms with Gasteiger partial charge in [-0.2, -0.15) is 8.78 Å². The summed E-state index contributed by atoms with van der Waals surface area (Å²) >= 11 is 0. The zero-order chi connectivity index (χ0) is 14.5. The fourth-order valence-corrected chi connectivity index (χ4v) is 2.43. The van der Waals surface area contributed by atoms with Crippen molar-refractivity contribution in [3.8, 4) is 11.5 Å². The quantitative estimate of drug-likeness (QED) is 0.826. The predicted molar refractivity (Wildman–Crippen MR) is 73.4 cm³/mol. The topological polar surface area (TPSA) is 21.7 Å². The van der Waals surface area contributed by atoms with Crippen LogP contribution in [0.5, 0.6) is 11.5 Å². The molecule has 1 aromatic carbocycles. The van der Waals surface area contributed by atoms with E-state index in [-0.39, 0.29) is 11.9 Å². The second-order valence-corrected chi connectivity index (χ2v) is 5.27. The molecule has 0 radical (unpaired) electrons. The molecule has 1 aliphatic heterocycles. The van der Waals surface area contributed by atoms with Crippen molar-refractivity contribution in [3.63, 3.8) is 0 Å². The van der Waals surface area contributed by atoms with E-state index in [0.29, 0.717) is 11.8 Å². The summed E-state index contributed by atoms with van der Waals surface area (Å²) in [5.41, 5.74) is 0. The summed E-state index contributed by atoms with van der Waals surface area (Å²) < 4.78 is 35.0. The van der Waals surface area contributed by atoms with Crippen LogP contribution in [0, 0.1) is 0 Å². The summed E-state index contributed by atoms with van der Waals surface area (Å²) in [6.07, 6.45) is 1.87. The Labute approximate surface area is 118 Å². The first-order valence-electron chi connectivity index (χ1n) is 7.01. The largest absolute Gasteiger partial charge is 0.486 e. The second kappa shape index (κ2) is 6.88. The van der Waals surface area contributed by atoms with Gasteiger partial charge < -0.3 is 14.4 Å². The highest BCUT2D eigenvalue weighted by atomic mass is 19.3. The molecule has 3 nitrogen and oxygen atoms in total. The standard InChI is InChI=1S/C15H21F2NO2/c1-11(2)18-9-7-12(8-10-18)19-13-5-3-4-6-14(13)20-15(16)17/h3-6,11-12,15H,7-10H2,1-2H3. The lowest BCUT2D eigenvalue weighted by atomic mass is 10.1. The fourth-order valence-electron chi connectivity index (χ4n) is 2.43. The number of halogens is 2. The van der Waals surface area contributed by atoms with Gasteiger partial charge in [-0.3, -0.25) is 0 Å². The van der Waals surface area contributed by atoms with E-state index in [2.05, 4.69) is 23.5 Å². The molecule has 1 aliphatic rings. The van der Waals surface area contributed by atoms with Crippen molar-refractivity contribution in [1.82, 2.24) is 4.90 Å². The number of rotatable bonds is 5. The van der Waals surface area contributed by atoms with Crippen LogP contribution in [0.1, 0.15) is 26.7 Å². The normalized spacial score (nSPS) is 17.7. The van der Waals surface area contributed by atoms with E-state index in [4.69, 9.17) is 4.74 Å². The van der Waals surface area contributed by atoms with Gasteiger partial charge in [-0.15, -0.1) is 0 Å². The highest BCUT2D eigenvalue weighted by Gasteiger charge is 2.23. The highest BCUT2D eigenvalue weighted by Crippen LogP contribution is 2.30. The Morgan fingerprint density at radius 3 is 2.25 bits per heavy atom. The maximum absolute atomic E-state index is 12.3. The number of benzene rings is 1. The third-order valence-corrected chi connectivity index (χ3v) is 3.57. The van der Waals surface area contributed by atoms with Crippen LogP contribution < -0.4 is 9.47 Å². The van der Waals surface area contributed by atoms with Crippen LogP contribution in [0.25, 0.3) is 0 Å². The molecule has 0 aliphatic carbocycles. The van der Waals surface area contributed by atoms with Crippen LogP contribution in [0.2, 0.25) is 0 Å². The molecule has 0 unspecified atom stereocenters. The summed E-state index contributed by atoms with van der Waals surface area (Å²) in [5.74, 6) is 0.504. The van der Waals surface area contributed by atoms with Crippen molar-refractivity contribution < 1.29 is 18.3 Å². The number of piperidine rings is 1. The zero-order valence-electron chi connectivity index (χ0n) is 11.9. The van der Waals surface area contributed by atoms with Crippen molar-refractivity contribution in [2.24, 2.45) is 0 Å². The van der Waals surface area contributed by atoms with Crippen molar-refractivity contribution >= 4 is 0 Å². The predicted octanol–water partition coefficient (Wildman–Crippen LogP) is 3.54. The minimum atomic E-state index is -2.83. The Kier molecular flexibility index (Phi) is 5.17. The van der Waals surface area contributed by atoms with Gasteiger partial charge in [-0.05, 0) is 38.8 Å². The lowest BCUT2D eigenvalue weighted by Gasteiger charge is -2.34. The van der Waals surface area contributed by atoms with Gasteiger partial charge in [-0.25, -0.2) is 0 Å². The number of hydrogen-bond acceptors (Lipinski definition) is 3. The third kappa shape index (κ3) is 4.07. The van der Waals surface area contributed by atoms with E-state index in [1.54, 1.807) is 18.2 Å². The molecule has 0 saturated carbocycles. The smallest absolute Gasteiger partial charge is 0.387 e. The molecular weight excluding hydrogens is 264 g/mol. The van der Waals surface area contributed by atoms with E-state index in [1.807, 2.05) is 0 Å². The van der Waals surface area contributed by atoms with Gasteiger partial charge in [0.25, 0.3) is 0 Å². The van der Waals surface area contributed by atoms with Crippen molar-refractivity contribution in [1.29, 1.82) is 0 Å². The van der Waals surface area contributed by atoms with Crippen molar-refractivity contribution in [2.75, 3.05) is 13.1 Å². The molecule has 1 saturated heterocycles. The summed E-state index contributed by atoms with van der Waals surface area (Å²) in [5, 5.41) is 0. The minimum Gasteiger partial charge on any atom is -0.486 e. The van der Waals surface area contributed by atoms with Gasteiger partial charge in [0.1, 0.15) is 6.10 Å². The lowest BCUT2D eigenvalue weighted by molar-refractivity contribution is -0.0525. The van der Waals surface area contributed by atoms with E-state index in [1.165, 1.54) is 6.07 Å². The van der Waals surface area contributed by atoms with E-state index in [9.17, 15) is 8.78 Å². The first-order valence-corrected chi connectivity index (χ1v) is 7.01. The zero-order valence-corrected chi connectivity index (χ0v) is 11.9. The van der Waals surface area contributed by atoms with E-state index >= 15 is 0 Å². The van der Waals surface area contributed by atoms with E-state index in [0.717, 1.165) is 25.9 Å². The average Bonchev–Trinajstić information content (AvgIpc) is 2.41. The van der Waals surface area contributed by atoms with Gasteiger partial charge in [0.2, 0.25) is 0 Å². The molecule has 1 fully saturated rings. The van der Waals surface area contributed by atoms with E-state index < -0.39 is 6.61 Å². The van der Waals surface area contributed by atoms with Gasteiger partial charge in [0, 0.05) is 19.1 Å². The summed E-state index contributed by atoms with van der Waals surface area (Å²) in [6, 6.07) is 7.13. The van der Waals surface area contributed by atoms with Crippen LogP contribution in [0.4, 0.5) is 8.78 Å². The Bertz CT molecular complexity index is 418. The van der Waals surface area contributed by atoms with Gasteiger partial charge in [0.05, 0.1) is 0 Å². The summed E-state index contributed by atoms with van der Waals surface area (Å²) in [4.78, 5) is 2.39. The summed E-state index contributed by atoms with van der Waals surface area (Å²) in [6.45, 7) is 3.46. The minimum absolute atomic E-state index is 0.0624. The number of hydrogen-bond donors (Lipinski definition) is 0. The van der Waals surface area contributed by atoms with Crippen LogP contribution >= 0.6 is 0 Å². The molecule has 20 heavy (non-hydrogen) atoms. The maximum Gasteiger partial charge on any atom is 0.387 e. The molecule has 2 rings (SSSR count). The maximum atomic E-state index is 12.3. The fraction of sp³-hybridized carbons (Fsp3) is 0.600. The molecule has 0 amide bonds. The highest BCUT2D eigenvalue weighted by molar-refractivity contribution is 5.39. The van der Waals surface area contributed by atoms with Gasteiger partial charge in [0.15, 0.2) is 11.5 Å². The molecule has 0 atom stereocenters. The first kappa shape index (κ1) is 15.0. The molecule has 5 heteroatoms. The van der Waals surface area contributed by atoms with Crippen LogP contribution in [0.15, 0.2) is 24.3 Å². The molecule has 0 aromatic heterocycles. The van der Waals surface area contributed by atoms with Crippen molar-refractivity contribution in [3.05, 3.63) is 24.3 Å². The summed E-state index contributed by atoms with van der Waals surface area (Å²) in [7, 11) is 0. The molecule has 1 heterocycles. The van der Waals surface area contributed by atoms with Crippen LogP contribution in [-0.2, 0) is 0 Å². The van der Waals surface area contributed by atoms with Crippen LogP contribution in [0.3, 0.4) is 0 Å². The molecule has 0 spiro atoms. The Morgan fingerprint density at radius 2 is 1.70 bits per heavy atom. The van der Waals surface area contributed by atoms with Crippen molar-refractivity contribution in [2.45, 2.75) is 45.4 Å². The molecule has 112 valence electrons. The van der Waals surface area contributed by atoms with Gasteiger partial charge >= 0.3 is 6.61 Å². The lowest BCUT2D eigenvalue weighted by Crippen LogP contribution is -2.41. The number of nitrogens with zero attached hydrogens (tertiary/aromatic N) is 1. The SMILES string of the molecule is CC(C)N1CCC(Oc2ccccc2OC(F)F)CC1. The van der Waals surface area contributed by atoms with Crippen LogP contribution in [-0.4, -0.2) is 36.7 Å². The van der Waals surface area contributed by atoms with Gasteiger partial charge in [-0.1, -0.05) is 12.1 Å².